The molecule has 144 valence electrons. The molecule has 0 amide bonds. The van der Waals surface area contributed by atoms with Gasteiger partial charge in [-0.2, -0.15) is 8.42 Å². The molecule has 2 aromatic carbocycles. The lowest BCUT2D eigenvalue weighted by molar-refractivity contribution is 0.0468. The van der Waals surface area contributed by atoms with Crippen molar-refractivity contribution in [1.29, 1.82) is 0 Å². The minimum absolute atomic E-state index is 0.293. The van der Waals surface area contributed by atoms with Crippen LogP contribution in [0.4, 0.5) is 5.69 Å². The van der Waals surface area contributed by atoms with E-state index in [1.807, 2.05) is 24.3 Å². The molecule has 2 aromatic rings. The zero-order valence-corrected chi connectivity index (χ0v) is 15.7. The molecule has 0 fully saturated rings. The minimum Gasteiger partial charge on any atom is -0.461 e. The Labute approximate surface area is 153 Å². The van der Waals surface area contributed by atoms with Crippen LogP contribution in [0.25, 0.3) is 10.8 Å². The molecule has 8 nitrogen and oxygen atoms in total. The SMILES string of the molecule is CCN(CC)CCOC(=O)c1ccc(N)c2ccccc12.NS(=O)(=O)O. The van der Waals surface area contributed by atoms with E-state index in [4.69, 9.17) is 23.4 Å². The van der Waals surface area contributed by atoms with Gasteiger partial charge in [0.25, 0.3) is 0 Å². The molecule has 0 saturated heterocycles. The fourth-order valence-electron chi connectivity index (χ4n) is 2.39. The Morgan fingerprint density at radius 2 is 1.65 bits per heavy atom. The number of fused-ring (bicyclic) bond motifs is 1. The van der Waals surface area contributed by atoms with E-state index in [0.717, 1.165) is 30.4 Å². The Bertz CT molecular complexity index is 827. The molecule has 0 radical (unpaired) electrons. The van der Waals surface area contributed by atoms with Gasteiger partial charge in [-0.1, -0.05) is 38.1 Å². The average molecular weight is 383 g/mol. The predicted molar refractivity (Wildman–Crippen MR) is 102 cm³/mol. The normalized spacial score (nSPS) is 11.1. The van der Waals surface area contributed by atoms with Crippen LogP contribution in [-0.2, 0) is 15.0 Å². The van der Waals surface area contributed by atoms with Crippen molar-refractivity contribution in [3.8, 4) is 0 Å². The molecule has 0 aliphatic rings. The van der Waals surface area contributed by atoms with Crippen LogP contribution in [0, 0.1) is 0 Å². The van der Waals surface area contributed by atoms with Gasteiger partial charge in [-0.05, 0) is 30.6 Å². The Hall–Kier alpha value is -2.20. The average Bonchev–Trinajstić information content (AvgIpc) is 2.58. The largest absolute Gasteiger partial charge is 0.461 e. The fraction of sp³-hybridized carbons (Fsp3) is 0.353. The Balaban J connectivity index is 0.000000597. The monoisotopic (exact) mass is 383 g/mol. The Morgan fingerprint density at radius 3 is 2.19 bits per heavy atom. The van der Waals surface area contributed by atoms with E-state index in [0.29, 0.717) is 17.9 Å². The van der Waals surface area contributed by atoms with E-state index in [-0.39, 0.29) is 5.97 Å². The number of rotatable bonds is 6. The van der Waals surface area contributed by atoms with Crippen LogP contribution in [0.3, 0.4) is 0 Å². The molecular weight excluding hydrogens is 358 g/mol. The second kappa shape index (κ2) is 10.1. The number of anilines is 1. The van der Waals surface area contributed by atoms with E-state index in [2.05, 4.69) is 23.9 Å². The van der Waals surface area contributed by atoms with Crippen molar-refractivity contribution >= 4 is 32.7 Å². The van der Waals surface area contributed by atoms with E-state index in [1.165, 1.54) is 0 Å². The highest BCUT2D eigenvalue weighted by Crippen LogP contribution is 2.24. The number of carbonyl (C=O) groups excluding carboxylic acids is 1. The number of hydrogen-bond donors (Lipinski definition) is 3. The number of nitrogen functional groups attached to an aromatic ring is 1. The maximum atomic E-state index is 12.2. The number of esters is 1. The summed E-state index contributed by atoms with van der Waals surface area (Å²) in [6.07, 6.45) is 0. The molecule has 9 heteroatoms. The molecule has 5 N–H and O–H groups in total. The zero-order chi connectivity index (χ0) is 19.7. The summed E-state index contributed by atoms with van der Waals surface area (Å²) in [6.45, 7) is 7.26. The number of ether oxygens (including phenoxy) is 1. The summed E-state index contributed by atoms with van der Waals surface area (Å²) in [5.41, 5.74) is 7.18. The Morgan fingerprint density at radius 1 is 1.12 bits per heavy atom. The zero-order valence-electron chi connectivity index (χ0n) is 14.9. The molecule has 0 aliphatic heterocycles. The molecule has 0 atom stereocenters. The van der Waals surface area contributed by atoms with Gasteiger partial charge in [-0.25, -0.2) is 9.93 Å². The van der Waals surface area contributed by atoms with Gasteiger partial charge in [0.05, 0.1) is 5.56 Å². The summed E-state index contributed by atoms with van der Waals surface area (Å²) in [4.78, 5) is 14.5. The molecule has 2 rings (SSSR count). The summed E-state index contributed by atoms with van der Waals surface area (Å²) in [5.74, 6) is -0.293. The second-order valence-electron chi connectivity index (χ2n) is 5.43. The summed E-state index contributed by atoms with van der Waals surface area (Å²) in [5, 5.41) is 5.61. The standard InChI is InChI=1S/C17H22N2O2.H3NO3S/c1-3-19(4-2)11-12-21-17(20)15-9-10-16(18)14-8-6-5-7-13(14)15;1-5(2,3)4/h5-10H,3-4,11-12,18H2,1-2H3;(H3,1,2,3,4). The number of carbonyl (C=O) groups is 1. The number of benzene rings is 2. The number of hydrogen-bond acceptors (Lipinski definition) is 6. The van der Waals surface area contributed by atoms with Crippen LogP contribution in [0.2, 0.25) is 0 Å². The summed E-state index contributed by atoms with van der Waals surface area (Å²) >= 11 is 0. The lowest BCUT2D eigenvalue weighted by Gasteiger charge is -2.17. The quantitative estimate of drug-likeness (QED) is 0.392. The molecule has 0 bridgehead atoms. The summed E-state index contributed by atoms with van der Waals surface area (Å²) in [6, 6.07) is 11.1. The van der Waals surface area contributed by atoms with Gasteiger partial charge in [0.2, 0.25) is 0 Å². The van der Waals surface area contributed by atoms with Gasteiger partial charge in [-0.3, -0.25) is 4.55 Å². The van der Waals surface area contributed by atoms with Crippen molar-refractivity contribution in [3.05, 3.63) is 42.0 Å². The maximum absolute atomic E-state index is 12.2. The first-order chi connectivity index (χ1) is 12.2. The van der Waals surface area contributed by atoms with Gasteiger partial charge >= 0.3 is 16.3 Å². The number of nitrogens with two attached hydrogens (primary N) is 2. The fourth-order valence-corrected chi connectivity index (χ4v) is 2.39. The molecule has 0 aromatic heterocycles. The first-order valence-corrected chi connectivity index (χ1v) is 9.59. The number of likely N-dealkylation sites (N-methyl/N-ethyl adjacent to an activating group) is 1. The summed E-state index contributed by atoms with van der Waals surface area (Å²) in [7, 11) is -4.17. The Kier molecular flexibility index (Phi) is 8.46. The highest BCUT2D eigenvalue weighted by atomic mass is 32.2. The molecule has 26 heavy (non-hydrogen) atoms. The topological polar surface area (TPSA) is 136 Å². The van der Waals surface area contributed by atoms with Crippen LogP contribution in [0.5, 0.6) is 0 Å². The van der Waals surface area contributed by atoms with Crippen molar-refractivity contribution in [2.45, 2.75) is 13.8 Å². The molecule has 0 heterocycles. The van der Waals surface area contributed by atoms with Crippen LogP contribution in [0.15, 0.2) is 36.4 Å². The molecule has 0 saturated carbocycles. The second-order valence-corrected chi connectivity index (χ2v) is 6.46. The molecule has 0 unspecified atom stereocenters. The lowest BCUT2D eigenvalue weighted by Crippen LogP contribution is -2.27. The van der Waals surface area contributed by atoms with Gasteiger partial charge in [0, 0.05) is 17.6 Å². The van der Waals surface area contributed by atoms with Crippen molar-refractivity contribution in [2.75, 3.05) is 32.0 Å². The summed E-state index contributed by atoms with van der Waals surface area (Å²) < 4.78 is 30.6. The third-order valence-corrected chi connectivity index (χ3v) is 3.71. The van der Waals surface area contributed by atoms with E-state index in [1.54, 1.807) is 12.1 Å². The van der Waals surface area contributed by atoms with Crippen LogP contribution < -0.4 is 10.9 Å². The van der Waals surface area contributed by atoms with Gasteiger partial charge in [0.1, 0.15) is 6.61 Å². The smallest absolute Gasteiger partial charge is 0.338 e. The van der Waals surface area contributed by atoms with Crippen LogP contribution in [0.1, 0.15) is 24.2 Å². The lowest BCUT2D eigenvalue weighted by atomic mass is 10.0. The highest BCUT2D eigenvalue weighted by molar-refractivity contribution is 7.83. The third-order valence-electron chi connectivity index (χ3n) is 3.71. The van der Waals surface area contributed by atoms with Crippen molar-refractivity contribution < 1.29 is 22.5 Å². The first kappa shape index (κ1) is 21.8. The van der Waals surface area contributed by atoms with E-state index >= 15 is 0 Å². The van der Waals surface area contributed by atoms with Crippen LogP contribution in [-0.4, -0.2) is 50.1 Å². The molecular formula is C17H25N3O5S. The van der Waals surface area contributed by atoms with Crippen molar-refractivity contribution in [1.82, 2.24) is 4.90 Å². The minimum atomic E-state index is -4.17. The highest BCUT2D eigenvalue weighted by Gasteiger charge is 2.13. The van der Waals surface area contributed by atoms with Gasteiger partial charge in [0.15, 0.2) is 0 Å². The number of nitrogens with zero attached hydrogens (tertiary/aromatic N) is 1. The van der Waals surface area contributed by atoms with E-state index < -0.39 is 10.3 Å². The third kappa shape index (κ3) is 7.36. The maximum Gasteiger partial charge on any atom is 0.338 e. The van der Waals surface area contributed by atoms with E-state index in [9.17, 15) is 4.79 Å². The van der Waals surface area contributed by atoms with Gasteiger partial charge < -0.3 is 15.4 Å². The van der Waals surface area contributed by atoms with Gasteiger partial charge in [-0.15, -0.1) is 0 Å². The van der Waals surface area contributed by atoms with Crippen LogP contribution >= 0.6 is 0 Å². The van der Waals surface area contributed by atoms with Crippen molar-refractivity contribution in [3.63, 3.8) is 0 Å². The molecule has 0 aliphatic carbocycles. The first-order valence-electron chi connectivity index (χ1n) is 8.09. The molecule has 0 spiro atoms. The predicted octanol–water partition coefficient (Wildman–Crippen LogP) is 1.67. The van der Waals surface area contributed by atoms with Crippen molar-refractivity contribution in [2.24, 2.45) is 5.14 Å².